The molecule has 0 unspecified atom stereocenters. The number of piperidine rings is 1. The number of hydrogen-bond acceptors (Lipinski definition) is 3. The van der Waals surface area contributed by atoms with Gasteiger partial charge in [-0.3, -0.25) is 9.69 Å². The van der Waals surface area contributed by atoms with Gasteiger partial charge in [-0.05, 0) is 69.7 Å². The van der Waals surface area contributed by atoms with Crippen molar-refractivity contribution in [3.05, 3.63) is 28.7 Å². The first-order valence-electron chi connectivity index (χ1n) is 7.10. The van der Waals surface area contributed by atoms with E-state index in [1.165, 1.54) is 12.8 Å². The first kappa shape index (κ1) is 18.4. The van der Waals surface area contributed by atoms with Crippen LogP contribution < -0.4 is 10.6 Å². The molecule has 1 saturated heterocycles. The van der Waals surface area contributed by atoms with Crippen molar-refractivity contribution in [2.24, 2.45) is 5.92 Å². The Kier molecular flexibility index (Phi) is 8.26. The average Bonchev–Trinajstić information content (AvgIpc) is 2.44. The first-order valence-corrected chi connectivity index (χ1v) is 7.89. The van der Waals surface area contributed by atoms with Crippen molar-refractivity contribution in [1.29, 1.82) is 0 Å². The second-order valence-corrected chi connectivity index (χ2v) is 6.25. The van der Waals surface area contributed by atoms with E-state index in [9.17, 15) is 4.79 Å². The Labute approximate surface area is 141 Å². The Morgan fingerprint density at radius 3 is 2.48 bits per heavy atom. The molecule has 0 spiro atoms. The molecule has 1 aromatic rings. The Bertz CT molecular complexity index is 433. The Morgan fingerprint density at radius 1 is 1.29 bits per heavy atom. The van der Waals surface area contributed by atoms with Crippen LogP contribution in [0, 0.1) is 5.92 Å². The molecule has 2 N–H and O–H groups in total. The fourth-order valence-corrected chi connectivity index (χ4v) is 2.84. The van der Waals surface area contributed by atoms with E-state index in [0.29, 0.717) is 6.54 Å². The monoisotopic (exact) mass is 375 g/mol. The molecule has 2 rings (SSSR count). The van der Waals surface area contributed by atoms with Gasteiger partial charge in [0.15, 0.2) is 0 Å². The van der Waals surface area contributed by atoms with Gasteiger partial charge in [0, 0.05) is 10.2 Å². The predicted octanol–water partition coefficient (Wildman–Crippen LogP) is 2.74. The minimum Gasteiger partial charge on any atom is -0.325 e. The van der Waals surface area contributed by atoms with Gasteiger partial charge < -0.3 is 10.6 Å². The summed E-state index contributed by atoms with van der Waals surface area (Å²) < 4.78 is 1.02. The minimum absolute atomic E-state index is 0. The molecule has 21 heavy (non-hydrogen) atoms. The third-order valence-corrected chi connectivity index (χ3v) is 4.22. The maximum absolute atomic E-state index is 12.0. The second kappa shape index (κ2) is 9.41. The van der Waals surface area contributed by atoms with Crippen molar-refractivity contribution < 1.29 is 4.79 Å². The van der Waals surface area contributed by atoms with Crippen LogP contribution in [0.5, 0.6) is 0 Å². The van der Waals surface area contributed by atoms with E-state index in [1.54, 1.807) is 0 Å². The largest absolute Gasteiger partial charge is 0.325 e. The molecule has 1 heterocycles. The van der Waals surface area contributed by atoms with Crippen LogP contribution in [0.3, 0.4) is 0 Å². The van der Waals surface area contributed by atoms with Crippen molar-refractivity contribution in [3.63, 3.8) is 0 Å². The molecule has 6 heteroatoms. The molecule has 0 radical (unpaired) electrons. The maximum atomic E-state index is 12.0. The van der Waals surface area contributed by atoms with Gasteiger partial charge in [0.2, 0.25) is 5.91 Å². The summed E-state index contributed by atoms with van der Waals surface area (Å²) in [6, 6.07) is 7.67. The van der Waals surface area contributed by atoms with Gasteiger partial charge in [-0.1, -0.05) is 15.9 Å². The smallest absolute Gasteiger partial charge is 0.238 e. The van der Waals surface area contributed by atoms with E-state index in [1.807, 2.05) is 31.3 Å². The number of likely N-dealkylation sites (tertiary alicyclic amines) is 1. The van der Waals surface area contributed by atoms with E-state index >= 15 is 0 Å². The summed E-state index contributed by atoms with van der Waals surface area (Å²) in [5, 5.41) is 6.17. The van der Waals surface area contributed by atoms with E-state index in [-0.39, 0.29) is 18.3 Å². The van der Waals surface area contributed by atoms with Crippen LogP contribution in [-0.2, 0) is 4.79 Å². The van der Waals surface area contributed by atoms with E-state index in [4.69, 9.17) is 0 Å². The van der Waals surface area contributed by atoms with E-state index in [2.05, 4.69) is 31.5 Å². The number of nitrogens with one attached hydrogen (secondary N) is 2. The number of nitrogens with zero attached hydrogens (tertiary/aromatic N) is 1. The lowest BCUT2D eigenvalue weighted by Crippen LogP contribution is -2.40. The highest BCUT2D eigenvalue weighted by atomic mass is 79.9. The fraction of sp³-hybridized carbons (Fsp3) is 0.533. The fourth-order valence-electron chi connectivity index (χ4n) is 2.57. The number of hydrogen-bond donors (Lipinski definition) is 2. The van der Waals surface area contributed by atoms with Crippen LogP contribution in [0.25, 0.3) is 0 Å². The van der Waals surface area contributed by atoms with Gasteiger partial charge in [0.25, 0.3) is 0 Å². The van der Waals surface area contributed by atoms with Crippen LogP contribution in [0.2, 0.25) is 0 Å². The van der Waals surface area contributed by atoms with Crippen molar-refractivity contribution in [3.8, 4) is 0 Å². The maximum Gasteiger partial charge on any atom is 0.238 e. The molecule has 0 atom stereocenters. The number of anilines is 1. The molecule has 4 nitrogen and oxygen atoms in total. The van der Waals surface area contributed by atoms with Crippen LogP contribution in [-0.4, -0.2) is 44.0 Å². The zero-order valence-electron chi connectivity index (χ0n) is 12.3. The summed E-state index contributed by atoms with van der Waals surface area (Å²) in [5.74, 6) is 0.824. The quantitative estimate of drug-likeness (QED) is 0.830. The summed E-state index contributed by atoms with van der Waals surface area (Å²) >= 11 is 3.38. The predicted molar refractivity (Wildman–Crippen MR) is 93.1 cm³/mol. The zero-order chi connectivity index (χ0) is 14.4. The van der Waals surface area contributed by atoms with Crippen molar-refractivity contribution in [2.45, 2.75) is 12.8 Å². The zero-order valence-corrected chi connectivity index (χ0v) is 14.7. The lowest BCUT2D eigenvalue weighted by molar-refractivity contribution is -0.117. The lowest BCUT2D eigenvalue weighted by Gasteiger charge is -2.31. The summed E-state index contributed by atoms with van der Waals surface area (Å²) in [6.07, 6.45) is 2.35. The highest BCUT2D eigenvalue weighted by Gasteiger charge is 2.20. The summed E-state index contributed by atoms with van der Waals surface area (Å²) in [6.45, 7) is 3.60. The van der Waals surface area contributed by atoms with Crippen molar-refractivity contribution in [2.75, 3.05) is 38.5 Å². The van der Waals surface area contributed by atoms with E-state index < -0.39 is 0 Å². The van der Waals surface area contributed by atoms with Crippen molar-refractivity contribution in [1.82, 2.24) is 10.2 Å². The standard InChI is InChI=1S/C15H22BrN3O.ClH/c1-17-10-12-6-8-19(9-7-12)11-15(20)18-14-4-2-13(16)3-5-14;/h2-5,12,17H,6-11H2,1H3,(H,18,20);1H. The number of rotatable bonds is 5. The van der Waals surface area contributed by atoms with Gasteiger partial charge in [-0.2, -0.15) is 0 Å². The summed E-state index contributed by atoms with van der Waals surface area (Å²) in [7, 11) is 2.00. The van der Waals surface area contributed by atoms with Crippen LogP contribution in [0.15, 0.2) is 28.7 Å². The molecule has 0 aliphatic carbocycles. The topological polar surface area (TPSA) is 44.4 Å². The number of carbonyl (C=O) groups excluding carboxylic acids is 1. The van der Waals surface area contributed by atoms with Gasteiger partial charge in [0.05, 0.1) is 6.54 Å². The van der Waals surface area contributed by atoms with Gasteiger partial charge in [-0.25, -0.2) is 0 Å². The second-order valence-electron chi connectivity index (χ2n) is 5.33. The Balaban J connectivity index is 0.00000220. The van der Waals surface area contributed by atoms with Gasteiger partial charge >= 0.3 is 0 Å². The van der Waals surface area contributed by atoms with Crippen LogP contribution in [0.4, 0.5) is 5.69 Å². The third-order valence-electron chi connectivity index (χ3n) is 3.70. The number of halogens is 2. The van der Waals surface area contributed by atoms with Crippen molar-refractivity contribution >= 4 is 39.9 Å². The Hall–Kier alpha value is -0.620. The molecule has 0 saturated carbocycles. The lowest BCUT2D eigenvalue weighted by atomic mass is 9.97. The molecule has 0 bridgehead atoms. The van der Waals surface area contributed by atoms with E-state index in [0.717, 1.165) is 35.7 Å². The average molecular weight is 377 g/mol. The molecule has 1 fully saturated rings. The minimum atomic E-state index is 0. The SMILES string of the molecule is CNCC1CCN(CC(=O)Nc2ccc(Br)cc2)CC1.Cl. The number of benzene rings is 1. The number of amides is 1. The highest BCUT2D eigenvalue weighted by molar-refractivity contribution is 9.10. The normalized spacial score (nSPS) is 16.3. The molecule has 0 aromatic heterocycles. The molecule has 1 aliphatic heterocycles. The highest BCUT2D eigenvalue weighted by Crippen LogP contribution is 2.17. The Morgan fingerprint density at radius 2 is 1.90 bits per heavy atom. The molecule has 1 amide bonds. The molecular formula is C15H23BrClN3O. The molecule has 118 valence electrons. The third kappa shape index (κ3) is 6.34. The molecular weight excluding hydrogens is 354 g/mol. The summed E-state index contributed by atoms with van der Waals surface area (Å²) in [5.41, 5.74) is 0.850. The van der Waals surface area contributed by atoms with Gasteiger partial charge in [0.1, 0.15) is 0 Å². The van der Waals surface area contributed by atoms with Gasteiger partial charge in [-0.15, -0.1) is 12.4 Å². The number of carbonyl (C=O) groups is 1. The molecule has 1 aliphatic rings. The summed E-state index contributed by atoms with van der Waals surface area (Å²) in [4.78, 5) is 14.2. The van der Waals surface area contributed by atoms with Crippen LogP contribution >= 0.6 is 28.3 Å². The first-order chi connectivity index (χ1) is 9.67. The van der Waals surface area contributed by atoms with Crippen LogP contribution in [0.1, 0.15) is 12.8 Å². The molecule has 1 aromatic carbocycles.